The third kappa shape index (κ3) is 4.82. The van der Waals surface area contributed by atoms with Gasteiger partial charge in [-0.3, -0.25) is 4.90 Å². The SMILES string of the molecule is COc1c(C(=O)O)cnn1-c1cccc(-c2cccc(C)c2OCc2ccc3c(c2Cl)CCN(C2CCC2)C3)n1. The highest BCUT2D eigenvalue weighted by atomic mass is 35.5. The molecule has 1 fully saturated rings. The van der Waals surface area contributed by atoms with E-state index in [-0.39, 0.29) is 11.4 Å². The summed E-state index contributed by atoms with van der Waals surface area (Å²) in [4.78, 5) is 18.9. The van der Waals surface area contributed by atoms with Gasteiger partial charge in [-0.15, -0.1) is 0 Å². The zero-order chi connectivity index (χ0) is 27.8. The monoisotopic (exact) mass is 558 g/mol. The number of fused-ring (bicyclic) bond motifs is 1. The Labute approximate surface area is 238 Å². The summed E-state index contributed by atoms with van der Waals surface area (Å²) in [5.74, 6) is 0.139. The van der Waals surface area contributed by atoms with Crippen LogP contribution < -0.4 is 9.47 Å². The Morgan fingerprint density at radius 1 is 1.15 bits per heavy atom. The maximum absolute atomic E-state index is 11.6. The molecule has 206 valence electrons. The highest BCUT2D eigenvalue weighted by Crippen LogP contribution is 2.36. The molecule has 0 spiro atoms. The largest absolute Gasteiger partial charge is 0.488 e. The highest BCUT2D eigenvalue weighted by Gasteiger charge is 2.29. The van der Waals surface area contributed by atoms with Gasteiger partial charge in [0, 0.05) is 30.3 Å². The van der Waals surface area contributed by atoms with E-state index in [9.17, 15) is 9.90 Å². The number of carboxylic acid groups (broad SMARTS) is 1. The van der Waals surface area contributed by atoms with Crippen LogP contribution in [-0.2, 0) is 19.6 Å². The summed E-state index contributed by atoms with van der Waals surface area (Å²) in [6, 6.07) is 16.4. The van der Waals surface area contributed by atoms with Crippen molar-refractivity contribution >= 4 is 17.6 Å². The van der Waals surface area contributed by atoms with E-state index < -0.39 is 5.97 Å². The number of carbonyl (C=O) groups is 1. The summed E-state index contributed by atoms with van der Waals surface area (Å²) >= 11 is 6.93. The van der Waals surface area contributed by atoms with Crippen LogP contribution in [0.3, 0.4) is 0 Å². The molecule has 0 unspecified atom stereocenters. The summed E-state index contributed by atoms with van der Waals surface area (Å²) in [7, 11) is 1.41. The normalized spacial score (nSPS) is 15.4. The predicted molar refractivity (Wildman–Crippen MR) is 153 cm³/mol. The molecule has 0 bridgehead atoms. The third-order valence-electron chi connectivity index (χ3n) is 7.99. The molecule has 8 nitrogen and oxygen atoms in total. The van der Waals surface area contributed by atoms with Gasteiger partial charge in [0.15, 0.2) is 5.82 Å². The van der Waals surface area contributed by atoms with Crippen LogP contribution in [-0.4, -0.2) is 50.4 Å². The van der Waals surface area contributed by atoms with Gasteiger partial charge in [0.1, 0.15) is 17.9 Å². The number of benzene rings is 2. The smallest absolute Gasteiger partial charge is 0.342 e. The van der Waals surface area contributed by atoms with E-state index in [1.807, 2.05) is 37.3 Å². The Kier molecular flexibility index (Phi) is 7.21. The first-order valence-electron chi connectivity index (χ1n) is 13.5. The summed E-state index contributed by atoms with van der Waals surface area (Å²) in [5.41, 5.74) is 5.95. The first kappa shape index (κ1) is 26.3. The predicted octanol–water partition coefficient (Wildman–Crippen LogP) is 6.09. The standard InChI is InChI=1S/C31H31ClN4O4/c1-19-6-3-9-24(26-10-5-11-27(34-26)36-30(39-2)25(16-33-36)31(37)38)29(19)40-18-21-13-12-20-17-35(22-7-4-8-22)15-14-23(20)28(21)32/h3,5-6,9-13,16,22H,4,7-8,14-15,17-18H2,1-2H3,(H,37,38). The van der Waals surface area contributed by atoms with Gasteiger partial charge in [0.05, 0.1) is 24.0 Å². The number of hydrogen-bond acceptors (Lipinski definition) is 6. The lowest BCUT2D eigenvalue weighted by Gasteiger charge is -2.40. The lowest BCUT2D eigenvalue weighted by Crippen LogP contribution is -2.43. The van der Waals surface area contributed by atoms with E-state index in [1.165, 1.54) is 48.4 Å². The number of aromatic nitrogens is 3. The number of pyridine rings is 1. The van der Waals surface area contributed by atoms with Crippen LogP contribution in [0.15, 0.2) is 54.7 Å². The molecule has 2 aromatic carbocycles. The van der Waals surface area contributed by atoms with E-state index in [1.54, 1.807) is 6.07 Å². The van der Waals surface area contributed by atoms with Crippen LogP contribution >= 0.6 is 11.6 Å². The van der Waals surface area contributed by atoms with Crippen LogP contribution in [0.25, 0.3) is 17.1 Å². The summed E-state index contributed by atoms with van der Waals surface area (Å²) in [6.07, 6.45) is 6.18. The van der Waals surface area contributed by atoms with Crippen LogP contribution in [0.1, 0.15) is 51.9 Å². The second kappa shape index (κ2) is 10.9. The molecule has 9 heteroatoms. The number of carboxylic acids is 1. The van der Waals surface area contributed by atoms with Crippen molar-refractivity contribution in [2.24, 2.45) is 0 Å². The molecule has 40 heavy (non-hydrogen) atoms. The van der Waals surface area contributed by atoms with Gasteiger partial charge >= 0.3 is 5.97 Å². The summed E-state index contributed by atoms with van der Waals surface area (Å²) in [5, 5.41) is 14.5. The van der Waals surface area contributed by atoms with E-state index in [2.05, 4.69) is 22.1 Å². The fourth-order valence-corrected chi connectivity index (χ4v) is 5.92. The van der Waals surface area contributed by atoms with Crippen molar-refractivity contribution < 1.29 is 19.4 Å². The molecule has 2 aromatic heterocycles. The van der Waals surface area contributed by atoms with Crippen molar-refractivity contribution in [1.29, 1.82) is 0 Å². The molecular formula is C31H31ClN4O4. The number of methoxy groups -OCH3 is 1. The average Bonchev–Trinajstić information content (AvgIpc) is 3.37. The van der Waals surface area contributed by atoms with E-state index in [0.29, 0.717) is 18.1 Å². The van der Waals surface area contributed by atoms with Crippen LogP contribution in [0, 0.1) is 6.92 Å². The Hall–Kier alpha value is -3.88. The molecule has 1 N–H and O–H groups in total. The minimum Gasteiger partial charge on any atom is -0.488 e. The first-order chi connectivity index (χ1) is 19.4. The van der Waals surface area contributed by atoms with Gasteiger partial charge in [-0.2, -0.15) is 9.78 Å². The van der Waals surface area contributed by atoms with Crippen LogP contribution in [0.4, 0.5) is 0 Å². The number of rotatable bonds is 8. The Morgan fingerprint density at radius 2 is 1.98 bits per heavy atom. The van der Waals surface area contributed by atoms with E-state index in [0.717, 1.165) is 53.0 Å². The summed E-state index contributed by atoms with van der Waals surface area (Å²) in [6.45, 7) is 4.37. The van der Waals surface area contributed by atoms with Gasteiger partial charge < -0.3 is 14.6 Å². The second-order valence-corrected chi connectivity index (χ2v) is 10.8. The number of nitrogens with zero attached hydrogens (tertiary/aromatic N) is 4. The van der Waals surface area contributed by atoms with Crippen molar-refractivity contribution in [3.8, 4) is 28.7 Å². The molecule has 1 aliphatic carbocycles. The van der Waals surface area contributed by atoms with Gasteiger partial charge in [-0.1, -0.05) is 48.4 Å². The third-order valence-corrected chi connectivity index (χ3v) is 8.46. The van der Waals surface area contributed by atoms with Gasteiger partial charge in [0.25, 0.3) is 0 Å². The molecule has 0 radical (unpaired) electrons. The first-order valence-corrected chi connectivity index (χ1v) is 13.9. The average molecular weight is 559 g/mol. The fraction of sp³-hybridized carbons (Fsp3) is 0.323. The number of para-hydroxylation sites is 1. The lowest BCUT2D eigenvalue weighted by atomic mass is 9.88. The number of hydrogen-bond donors (Lipinski definition) is 1. The fourth-order valence-electron chi connectivity index (χ4n) is 5.59. The molecule has 1 saturated carbocycles. The molecule has 6 rings (SSSR count). The zero-order valence-corrected chi connectivity index (χ0v) is 23.3. The molecule has 0 saturated heterocycles. The molecule has 0 amide bonds. The van der Waals surface area contributed by atoms with E-state index in [4.69, 9.17) is 26.1 Å². The van der Waals surface area contributed by atoms with Crippen molar-refractivity contribution in [3.05, 3.63) is 87.6 Å². The molecule has 1 aliphatic heterocycles. The highest BCUT2D eigenvalue weighted by molar-refractivity contribution is 6.32. The van der Waals surface area contributed by atoms with Crippen molar-refractivity contribution in [2.75, 3.05) is 13.7 Å². The molecular weight excluding hydrogens is 528 g/mol. The number of halogens is 1. The van der Waals surface area contributed by atoms with Gasteiger partial charge in [0.2, 0.25) is 5.88 Å². The maximum Gasteiger partial charge on any atom is 0.342 e. The summed E-state index contributed by atoms with van der Waals surface area (Å²) < 4.78 is 13.1. The van der Waals surface area contributed by atoms with Crippen molar-refractivity contribution in [3.63, 3.8) is 0 Å². The molecule has 0 atom stereocenters. The topological polar surface area (TPSA) is 89.7 Å². The number of aryl methyl sites for hydroxylation is 1. The quantitative estimate of drug-likeness (QED) is 0.280. The Balaban J connectivity index is 1.26. The van der Waals surface area contributed by atoms with Gasteiger partial charge in [-0.05, 0) is 61.1 Å². The van der Waals surface area contributed by atoms with E-state index >= 15 is 0 Å². The minimum absolute atomic E-state index is 0.0352. The second-order valence-electron chi connectivity index (χ2n) is 10.4. The van der Waals surface area contributed by atoms with Crippen LogP contribution in [0.2, 0.25) is 5.02 Å². The Bertz CT molecular complexity index is 1580. The maximum atomic E-state index is 11.6. The van der Waals surface area contributed by atoms with Crippen LogP contribution in [0.5, 0.6) is 11.6 Å². The number of aromatic carboxylic acids is 1. The lowest BCUT2D eigenvalue weighted by molar-refractivity contribution is 0.0693. The zero-order valence-electron chi connectivity index (χ0n) is 22.6. The molecule has 4 aromatic rings. The van der Waals surface area contributed by atoms with Crippen molar-refractivity contribution in [1.82, 2.24) is 19.7 Å². The Morgan fingerprint density at radius 3 is 2.73 bits per heavy atom. The molecule has 3 heterocycles. The minimum atomic E-state index is -1.12. The molecule has 2 aliphatic rings. The van der Waals surface area contributed by atoms with Crippen molar-refractivity contribution in [2.45, 2.75) is 51.8 Å². The number of ether oxygens (including phenoxy) is 2. The van der Waals surface area contributed by atoms with Gasteiger partial charge in [-0.25, -0.2) is 9.78 Å².